The van der Waals surface area contributed by atoms with Gasteiger partial charge >= 0.3 is 0 Å². The number of rotatable bonds is 6. The molecule has 1 unspecified atom stereocenters. The number of aryl methyl sites for hydroxylation is 1. The average Bonchev–Trinajstić information content (AvgIpc) is 2.83. The van der Waals surface area contributed by atoms with Crippen molar-refractivity contribution in [2.45, 2.75) is 38.1 Å². The third kappa shape index (κ3) is 4.33. The molecular weight excluding hydrogens is 380 g/mol. The molecule has 1 atom stereocenters. The van der Waals surface area contributed by atoms with Crippen LogP contribution in [0.25, 0.3) is 27.2 Å². The summed E-state index contributed by atoms with van der Waals surface area (Å²) in [7, 11) is 0. The molecule has 0 spiro atoms. The zero-order valence-corrected chi connectivity index (χ0v) is 17.7. The molecule has 0 bridgehead atoms. The number of fused-ring (bicyclic) bond motifs is 3. The van der Waals surface area contributed by atoms with Crippen LogP contribution in [0.1, 0.15) is 36.8 Å². The fourth-order valence-corrected chi connectivity index (χ4v) is 4.77. The zero-order valence-electron chi connectivity index (χ0n) is 17.7. The van der Waals surface area contributed by atoms with Crippen molar-refractivity contribution in [3.8, 4) is 0 Å². The molecule has 5 rings (SSSR count). The Morgan fingerprint density at radius 3 is 2.52 bits per heavy atom. The van der Waals surface area contributed by atoms with Crippen molar-refractivity contribution < 1.29 is 0 Å². The van der Waals surface area contributed by atoms with Crippen LogP contribution in [0.4, 0.5) is 0 Å². The SMILES string of the molecule is O=c1[nH]c2ccc(CCCCC3CC(c4ccccc4)=CCN3)cc2c2ccccc12. The summed E-state index contributed by atoms with van der Waals surface area (Å²) in [5.41, 5.74) is 5.07. The predicted octanol–water partition coefficient (Wildman–Crippen LogP) is 5.84. The number of aromatic nitrogens is 1. The summed E-state index contributed by atoms with van der Waals surface area (Å²) in [4.78, 5) is 15.3. The summed E-state index contributed by atoms with van der Waals surface area (Å²) >= 11 is 0. The molecule has 3 heteroatoms. The molecule has 0 saturated heterocycles. The molecule has 0 radical (unpaired) electrons. The minimum absolute atomic E-state index is 0.0141. The van der Waals surface area contributed by atoms with Gasteiger partial charge in [0.1, 0.15) is 0 Å². The Labute approximate surface area is 182 Å². The first-order chi connectivity index (χ1) is 15.3. The first kappa shape index (κ1) is 19.8. The van der Waals surface area contributed by atoms with E-state index in [1.54, 1.807) is 0 Å². The molecule has 1 aliphatic rings. The third-order valence-corrected chi connectivity index (χ3v) is 6.43. The van der Waals surface area contributed by atoms with Gasteiger partial charge < -0.3 is 10.3 Å². The standard InChI is InChI=1S/C28H28N2O/c31-28-25-13-7-6-12-24(25)26-18-20(14-15-27(26)30-28)8-4-5-11-23-19-22(16-17-29-23)21-9-2-1-3-10-21/h1-3,6-7,9-10,12-16,18,23,29H,4-5,8,11,17,19H2,(H,30,31). The van der Waals surface area contributed by atoms with E-state index in [2.05, 4.69) is 64.9 Å². The van der Waals surface area contributed by atoms with Gasteiger partial charge in [-0.1, -0.05) is 67.1 Å². The predicted molar refractivity (Wildman–Crippen MR) is 130 cm³/mol. The Bertz CT molecular complexity index is 1290. The van der Waals surface area contributed by atoms with Crippen molar-refractivity contribution in [1.29, 1.82) is 0 Å². The quantitative estimate of drug-likeness (QED) is 0.311. The van der Waals surface area contributed by atoms with E-state index in [4.69, 9.17) is 0 Å². The molecule has 0 amide bonds. The highest BCUT2D eigenvalue weighted by Gasteiger charge is 2.15. The minimum Gasteiger partial charge on any atom is -0.321 e. The normalized spacial score (nSPS) is 16.5. The second-order valence-electron chi connectivity index (χ2n) is 8.53. The number of H-pyrrole nitrogens is 1. The maximum atomic E-state index is 12.3. The monoisotopic (exact) mass is 408 g/mol. The van der Waals surface area contributed by atoms with Crippen molar-refractivity contribution >= 4 is 27.2 Å². The van der Waals surface area contributed by atoms with E-state index in [-0.39, 0.29) is 5.56 Å². The zero-order chi connectivity index (χ0) is 21.0. The van der Waals surface area contributed by atoms with Crippen molar-refractivity contribution in [2.75, 3.05) is 6.54 Å². The summed E-state index contributed by atoms with van der Waals surface area (Å²) in [5, 5.41) is 6.59. The number of nitrogens with one attached hydrogen (secondary N) is 2. The minimum atomic E-state index is -0.0141. The lowest BCUT2D eigenvalue weighted by molar-refractivity contribution is 0.477. The van der Waals surface area contributed by atoms with Crippen LogP contribution in [-0.4, -0.2) is 17.6 Å². The Morgan fingerprint density at radius 1 is 0.839 bits per heavy atom. The van der Waals surface area contributed by atoms with Gasteiger partial charge in [0.05, 0.1) is 0 Å². The highest BCUT2D eigenvalue weighted by Crippen LogP contribution is 2.25. The Kier molecular flexibility index (Phi) is 5.68. The third-order valence-electron chi connectivity index (χ3n) is 6.43. The van der Waals surface area contributed by atoms with E-state index in [0.29, 0.717) is 6.04 Å². The van der Waals surface area contributed by atoms with Gasteiger partial charge in [-0.05, 0) is 66.0 Å². The molecule has 1 aliphatic heterocycles. The fourth-order valence-electron chi connectivity index (χ4n) is 4.77. The molecule has 1 aromatic heterocycles. The van der Waals surface area contributed by atoms with Gasteiger partial charge in [-0.3, -0.25) is 4.79 Å². The smallest absolute Gasteiger partial charge is 0.256 e. The Balaban J connectivity index is 1.21. The number of benzene rings is 3. The van der Waals surface area contributed by atoms with Gasteiger partial charge in [0, 0.05) is 28.9 Å². The molecule has 0 aliphatic carbocycles. The van der Waals surface area contributed by atoms with E-state index < -0.39 is 0 Å². The summed E-state index contributed by atoms with van der Waals surface area (Å²) in [5.74, 6) is 0. The molecule has 0 fully saturated rings. The Morgan fingerprint density at radius 2 is 1.65 bits per heavy atom. The molecule has 4 aromatic rings. The topological polar surface area (TPSA) is 44.9 Å². The van der Waals surface area contributed by atoms with Crippen LogP contribution >= 0.6 is 0 Å². The van der Waals surface area contributed by atoms with Gasteiger partial charge in [0.2, 0.25) is 0 Å². The maximum Gasteiger partial charge on any atom is 0.256 e. The van der Waals surface area contributed by atoms with Gasteiger partial charge in [0.25, 0.3) is 5.56 Å². The van der Waals surface area contributed by atoms with Gasteiger partial charge in [0.15, 0.2) is 0 Å². The second kappa shape index (κ2) is 8.91. The average molecular weight is 409 g/mol. The number of pyridine rings is 1. The highest BCUT2D eigenvalue weighted by atomic mass is 16.1. The molecule has 3 aromatic carbocycles. The van der Waals surface area contributed by atoms with E-state index in [0.717, 1.165) is 41.1 Å². The lowest BCUT2D eigenvalue weighted by atomic mass is 9.92. The Hall–Kier alpha value is -3.17. The van der Waals surface area contributed by atoms with Crippen LogP contribution in [0.15, 0.2) is 83.7 Å². The van der Waals surface area contributed by atoms with Crippen LogP contribution in [0.2, 0.25) is 0 Å². The van der Waals surface area contributed by atoms with Crippen LogP contribution in [0, 0.1) is 0 Å². The summed E-state index contributed by atoms with van der Waals surface area (Å²) in [6.07, 6.45) is 8.10. The molecule has 3 nitrogen and oxygen atoms in total. The van der Waals surface area contributed by atoms with E-state index >= 15 is 0 Å². The van der Waals surface area contributed by atoms with Crippen LogP contribution in [-0.2, 0) is 6.42 Å². The summed E-state index contributed by atoms with van der Waals surface area (Å²) < 4.78 is 0. The van der Waals surface area contributed by atoms with Gasteiger partial charge in [-0.2, -0.15) is 0 Å². The molecule has 2 N–H and O–H groups in total. The van der Waals surface area contributed by atoms with Crippen LogP contribution in [0.5, 0.6) is 0 Å². The lowest BCUT2D eigenvalue weighted by Crippen LogP contribution is -2.32. The second-order valence-corrected chi connectivity index (χ2v) is 8.53. The van der Waals surface area contributed by atoms with Crippen LogP contribution in [0.3, 0.4) is 0 Å². The van der Waals surface area contributed by atoms with Crippen molar-refractivity contribution in [1.82, 2.24) is 10.3 Å². The van der Waals surface area contributed by atoms with Gasteiger partial charge in [-0.25, -0.2) is 0 Å². The molecule has 156 valence electrons. The van der Waals surface area contributed by atoms with Crippen molar-refractivity contribution in [3.63, 3.8) is 0 Å². The molecule has 31 heavy (non-hydrogen) atoms. The van der Waals surface area contributed by atoms with E-state index in [1.807, 2.05) is 24.3 Å². The number of aromatic amines is 1. The number of hydrogen-bond donors (Lipinski definition) is 2. The highest BCUT2D eigenvalue weighted by molar-refractivity contribution is 6.05. The van der Waals surface area contributed by atoms with E-state index in [9.17, 15) is 4.79 Å². The first-order valence-electron chi connectivity index (χ1n) is 11.3. The summed E-state index contributed by atoms with van der Waals surface area (Å²) in [6, 6.07) is 25.6. The maximum absolute atomic E-state index is 12.3. The number of unbranched alkanes of at least 4 members (excludes halogenated alkanes) is 1. The lowest BCUT2D eigenvalue weighted by Gasteiger charge is -2.24. The van der Waals surface area contributed by atoms with Gasteiger partial charge in [-0.15, -0.1) is 0 Å². The molecular formula is C28H28N2O. The fraction of sp³-hybridized carbons (Fsp3) is 0.250. The van der Waals surface area contributed by atoms with E-state index in [1.165, 1.54) is 36.0 Å². The number of hydrogen-bond acceptors (Lipinski definition) is 2. The molecule has 2 heterocycles. The summed E-state index contributed by atoms with van der Waals surface area (Å²) in [6.45, 7) is 0.963. The van der Waals surface area contributed by atoms with Crippen molar-refractivity contribution in [2.24, 2.45) is 0 Å². The van der Waals surface area contributed by atoms with Crippen molar-refractivity contribution in [3.05, 3.63) is 100 Å². The van der Waals surface area contributed by atoms with Crippen LogP contribution < -0.4 is 10.9 Å². The first-order valence-corrected chi connectivity index (χ1v) is 11.3. The molecule has 0 saturated carbocycles. The largest absolute Gasteiger partial charge is 0.321 e.